The van der Waals surface area contributed by atoms with Gasteiger partial charge in [-0.05, 0) is 37.3 Å². The molecule has 0 saturated heterocycles. The van der Waals surface area contributed by atoms with Crippen molar-refractivity contribution in [1.82, 2.24) is 19.5 Å². The van der Waals surface area contributed by atoms with Gasteiger partial charge in [0, 0.05) is 18.4 Å². The Balaban J connectivity index is 1.42. The van der Waals surface area contributed by atoms with E-state index < -0.39 is 6.17 Å². The molecule has 4 atom stereocenters. The topological polar surface area (TPSA) is 93.0 Å². The maximum absolute atomic E-state index is 12.6. The van der Waals surface area contributed by atoms with Crippen LogP contribution >= 0.6 is 0 Å². The molecule has 2 aliphatic carbocycles. The number of benzene rings is 1. The maximum atomic E-state index is 12.6. The summed E-state index contributed by atoms with van der Waals surface area (Å²) in [6, 6.07) is 7.98. The summed E-state index contributed by atoms with van der Waals surface area (Å²) in [5.74, 6) is 2.05. The second kappa shape index (κ2) is 7.14. The van der Waals surface area contributed by atoms with E-state index in [2.05, 4.69) is 20.2 Å². The Hall–Kier alpha value is -3.29. The molecule has 0 spiro atoms. The van der Waals surface area contributed by atoms with Crippen LogP contribution < -0.4 is 10.2 Å². The molecule has 2 aromatic heterocycles. The average Bonchev–Trinajstić information content (AvgIpc) is 3.40. The normalized spacial score (nSPS) is 27.6. The van der Waals surface area contributed by atoms with Crippen molar-refractivity contribution in [2.45, 2.75) is 50.7 Å². The van der Waals surface area contributed by atoms with E-state index in [0.717, 1.165) is 60.9 Å². The Labute approximate surface area is 179 Å². The number of hydrogen-bond acceptors (Lipinski definition) is 7. The van der Waals surface area contributed by atoms with Crippen molar-refractivity contribution in [3.05, 3.63) is 36.8 Å². The first kappa shape index (κ1) is 18.5. The number of nitrogens with zero attached hydrogens (tertiary/aromatic N) is 5. The van der Waals surface area contributed by atoms with E-state index in [1.54, 1.807) is 12.5 Å². The number of para-hydroxylation sites is 2. The highest BCUT2D eigenvalue weighted by Crippen LogP contribution is 2.45. The summed E-state index contributed by atoms with van der Waals surface area (Å²) in [4.78, 5) is 40.6. The second-order valence-electron chi connectivity index (χ2n) is 8.77. The van der Waals surface area contributed by atoms with Gasteiger partial charge < -0.3 is 10.2 Å². The predicted molar refractivity (Wildman–Crippen MR) is 116 cm³/mol. The van der Waals surface area contributed by atoms with Gasteiger partial charge in [-0.2, -0.15) is 4.98 Å². The molecule has 1 aliphatic heterocycles. The van der Waals surface area contributed by atoms with Gasteiger partial charge >= 0.3 is 0 Å². The van der Waals surface area contributed by atoms with Crippen LogP contribution in [0.3, 0.4) is 0 Å². The molecule has 6 rings (SSSR count). The van der Waals surface area contributed by atoms with E-state index in [9.17, 15) is 9.59 Å². The lowest BCUT2D eigenvalue weighted by Crippen LogP contribution is -2.53. The molecule has 158 valence electrons. The summed E-state index contributed by atoms with van der Waals surface area (Å²) < 4.78 is 1.87. The molecule has 3 aliphatic rings. The van der Waals surface area contributed by atoms with Gasteiger partial charge in [-0.1, -0.05) is 25.0 Å². The molecule has 3 heterocycles. The SMILES string of the molecule is O=CC1Nc2cnc(-n3cnc4ccccc43)nc2N1[C@@H]1CCC(=O)C2CCCCC21. The summed E-state index contributed by atoms with van der Waals surface area (Å²) in [5.41, 5.74) is 2.57. The number of hydrogen-bond donors (Lipinski definition) is 1. The first-order valence-electron chi connectivity index (χ1n) is 11.1. The Morgan fingerprint density at radius 1 is 1.10 bits per heavy atom. The minimum absolute atomic E-state index is 0.114. The van der Waals surface area contributed by atoms with Crippen molar-refractivity contribution in [2.75, 3.05) is 10.2 Å². The zero-order valence-electron chi connectivity index (χ0n) is 17.1. The first-order chi connectivity index (χ1) is 15.2. The largest absolute Gasteiger partial charge is 0.355 e. The zero-order chi connectivity index (χ0) is 20.9. The molecular formula is C23H24N6O2. The van der Waals surface area contributed by atoms with Crippen molar-refractivity contribution < 1.29 is 9.59 Å². The molecule has 1 N–H and O–H groups in total. The lowest BCUT2D eigenvalue weighted by atomic mass is 9.67. The Morgan fingerprint density at radius 2 is 1.97 bits per heavy atom. The number of rotatable bonds is 3. The molecule has 2 fully saturated rings. The van der Waals surface area contributed by atoms with E-state index in [-0.39, 0.29) is 17.9 Å². The molecule has 0 radical (unpaired) electrons. The zero-order valence-corrected chi connectivity index (χ0v) is 17.1. The molecule has 0 amide bonds. The van der Waals surface area contributed by atoms with Gasteiger partial charge in [-0.3, -0.25) is 14.2 Å². The molecule has 3 aromatic rings. The van der Waals surface area contributed by atoms with Crippen LogP contribution in [-0.4, -0.2) is 43.8 Å². The highest BCUT2D eigenvalue weighted by Gasteiger charge is 2.46. The Bertz CT molecular complexity index is 1170. The lowest BCUT2D eigenvalue weighted by Gasteiger charge is -2.45. The van der Waals surface area contributed by atoms with Crippen LogP contribution in [0.5, 0.6) is 0 Å². The van der Waals surface area contributed by atoms with E-state index in [4.69, 9.17) is 4.98 Å². The van der Waals surface area contributed by atoms with Crippen molar-refractivity contribution in [3.8, 4) is 5.95 Å². The van der Waals surface area contributed by atoms with Crippen molar-refractivity contribution in [1.29, 1.82) is 0 Å². The fourth-order valence-electron chi connectivity index (χ4n) is 5.78. The number of fused-ring (bicyclic) bond motifs is 3. The standard InChI is InChI=1S/C23H24N6O2/c30-12-21-26-17-11-24-23(28-13-25-16-7-3-4-8-19(16)28)27-22(17)29(21)18-9-10-20(31)15-6-2-1-5-14(15)18/h3-4,7-8,11-15,18,21,26H,1-2,5-6,9-10H2/t14?,15?,18-,21?/m1/s1. The predicted octanol–water partition coefficient (Wildman–Crippen LogP) is 3.11. The van der Waals surface area contributed by atoms with Crippen molar-refractivity contribution >= 4 is 34.6 Å². The van der Waals surface area contributed by atoms with E-state index in [0.29, 0.717) is 18.2 Å². The molecule has 8 heteroatoms. The molecule has 31 heavy (non-hydrogen) atoms. The van der Waals surface area contributed by atoms with Crippen LogP contribution in [0.1, 0.15) is 38.5 Å². The Morgan fingerprint density at radius 3 is 2.87 bits per heavy atom. The molecular weight excluding hydrogens is 392 g/mol. The fourth-order valence-corrected chi connectivity index (χ4v) is 5.78. The van der Waals surface area contributed by atoms with Crippen LogP contribution in [0.25, 0.3) is 17.0 Å². The number of carbonyl (C=O) groups excluding carboxylic acids is 2. The third kappa shape index (κ3) is 2.85. The van der Waals surface area contributed by atoms with Gasteiger partial charge in [0.25, 0.3) is 0 Å². The molecule has 1 aromatic carbocycles. The minimum Gasteiger partial charge on any atom is -0.355 e. The van der Waals surface area contributed by atoms with Crippen LogP contribution in [0.15, 0.2) is 36.8 Å². The molecule has 2 saturated carbocycles. The smallest absolute Gasteiger partial charge is 0.237 e. The van der Waals surface area contributed by atoms with Gasteiger partial charge in [0.1, 0.15) is 12.1 Å². The van der Waals surface area contributed by atoms with Crippen molar-refractivity contribution in [2.24, 2.45) is 11.8 Å². The average molecular weight is 416 g/mol. The number of aldehydes is 1. The van der Waals surface area contributed by atoms with E-state index in [1.807, 2.05) is 28.8 Å². The van der Waals surface area contributed by atoms with Gasteiger partial charge in [0.2, 0.25) is 5.95 Å². The quantitative estimate of drug-likeness (QED) is 0.656. The third-order valence-corrected chi connectivity index (χ3v) is 7.17. The number of aromatic nitrogens is 4. The second-order valence-corrected chi connectivity index (χ2v) is 8.77. The fraction of sp³-hybridized carbons (Fsp3) is 0.435. The van der Waals surface area contributed by atoms with E-state index in [1.165, 1.54) is 0 Å². The summed E-state index contributed by atoms with van der Waals surface area (Å²) in [6.45, 7) is 0. The molecule has 8 nitrogen and oxygen atoms in total. The number of carbonyl (C=O) groups is 2. The highest BCUT2D eigenvalue weighted by molar-refractivity contribution is 5.85. The monoisotopic (exact) mass is 416 g/mol. The molecule has 0 bridgehead atoms. The summed E-state index contributed by atoms with van der Waals surface area (Å²) in [7, 11) is 0. The van der Waals surface area contributed by atoms with Crippen LogP contribution in [0.4, 0.5) is 11.5 Å². The highest BCUT2D eigenvalue weighted by atomic mass is 16.1. The summed E-state index contributed by atoms with van der Waals surface area (Å²) in [6.07, 6.45) is 9.52. The van der Waals surface area contributed by atoms with Gasteiger partial charge in [-0.15, -0.1) is 0 Å². The summed E-state index contributed by atoms with van der Waals surface area (Å²) >= 11 is 0. The number of ketones is 1. The lowest BCUT2D eigenvalue weighted by molar-refractivity contribution is -0.128. The van der Waals surface area contributed by atoms with Crippen molar-refractivity contribution in [3.63, 3.8) is 0 Å². The summed E-state index contributed by atoms with van der Waals surface area (Å²) in [5, 5.41) is 3.27. The minimum atomic E-state index is -0.486. The third-order valence-electron chi connectivity index (χ3n) is 7.17. The molecule has 3 unspecified atom stereocenters. The van der Waals surface area contributed by atoms with Gasteiger partial charge in [0.05, 0.1) is 22.9 Å². The number of imidazole rings is 1. The number of anilines is 2. The van der Waals surface area contributed by atoms with Crippen LogP contribution in [0, 0.1) is 11.8 Å². The first-order valence-corrected chi connectivity index (χ1v) is 11.1. The number of Topliss-reactive ketones (excluding diaryl/α,β-unsaturated/α-hetero) is 1. The van der Waals surface area contributed by atoms with Gasteiger partial charge in [0.15, 0.2) is 18.3 Å². The Kier molecular flexibility index (Phi) is 4.26. The van der Waals surface area contributed by atoms with Crippen LogP contribution in [0.2, 0.25) is 0 Å². The number of nitrogens with one attached hydrogen (secondary N) is 1. The maximum Gasteiger partial charge on any atom is 0.237 e. The van der Waals surface area contributed by atoms with Crippen LogP contribution in [-0.2, 0) is 9.59 Å². The van der Waals surface area contributed by atoms with Gasteiger partial charge in [-0.25, -0.2) is 9.97 Å². The van der Waals surface area contributed by atoms with E-state index >= 15 is 0 Å².